The van der Waals surface area contributed by atoms with Gasteiger partial charge in [0, 0.05) is 42.6 Å². The first-order valence-electron chi connectivity index (χ1n) is 9.75. The molecule has 4 aromatic heterocycles. The fraction of sp³-hybridized carbons (Fsp3) is 0.333. The Morgan fingerprint density at radius 2 is 2.00 bits per heavy atom. The Morgan fingerprint density at radius 1 is 1.11 bits per heavy atom. The maximum absolute atomic E-state index is 12.7. The topological polar surface area (TPSA) is 88.5 Å². The number of fused-ring (bicyclic) bond motifs is 3. The van der Waals surface area contributed by atoms with Crippen LogP contribution in [0.1, 0.15) is 37.3 Å². The number of rotatable bonds is 4. The summed E-state index contributed by atoms with van der Waals surface area (Å²) in [6, 6.07) is 6.68. The second-order valence-electron chi connectivity index (χ2n) is 7.45. The normalized spacial score (nSPS) is 20.0. The van der Waals surface area contributed by atoms with Crippen molar-refractivity contribution >= 4 is 22.1 Å². The summed E-state index contributed by atoms with van der Waals surface area (Å²) in [7, 11) is 0. The molecule has 0 bridgehead atoms. The lowest BCUT2D eigenvalue weighted by atomic mass is 9.90. The first-order chi connectivity index (χ1) is 13.8. The van der Waals surface area contributed by atoms with Gasteiger partial charge in [-0.05, 0) is 43.4 Å². The number of nitrogens with one attached hydrogen (secondary N) is 2. The van der Waals surface area contributed by atoms with Crippen LogP contribution >= 0.6 is 0 Å². The van der Waals surface area contributed by atoms with Gasteiger partial charge in [-0.3, -0.25) is 9.78 Å². The van der Waals surface area contributed by atoms with Crippen LogP contribution in [-0.2, 0) is 6.54 Å². The van der Waals surface area contributed by atoms with E-state index in [1.54, 1.807) is 12.4 Å². The van der Waals surface area contributed by atoms with Crippen molar-refractivity contribution in [3.8, 4) is 0 Å². The van der Waals surface area contributed by atoms with Crippen LogP contribution in [0.15, 0.2) is 54.0 Å². The Morgan fingerprint density at radius 3 is 2.82 bits per heavy atom. The third kappa shape index (κ3) is 3.07. The van der Waals surface area contributed by atoms with Crippen LogP contribution in [0, 0.1) is 0 Å². The van der Waals surface area contributed by atoms with Gasteiger partial charge in [0.05, 0.1) is 17.9 Å². The van der Waals surface area contributed by atoms with Crippen LogP contribution < -0.4 is 10.9 Å². The largest absolute Gasteiger partial charge is 0.346 e. The van der Waals surface area contributed by atoms with E-state index >= 15 is 0 Å². The van der Waals surface area contributed by atoms with Crippen molar-refractivity contribution in [1.82, 2.24) is 29.8 Å². The predicted octanol–water partition coefficient (Wildman–Crippen LogP) is 2.94. The maximum Gasteiger partial charge on any atom is 0.269 e. The summed E-state index contributed by atoms with van der Waals surface area (Å²) in [5, 5.41) is 4.59. The Balaban J connectivity index is 1.38. The van der Waals surface area contributed by atoms with E-state index in [1.165, 1.54) is 11.8 Å². The van der Waals surface area contributed by atoms with Crippen molar-refractivity contribution in [2.24, 2.45) is 0 Å². The molecule has 1 aliphatic carbocycles. The number of hydrogen-bond donors (Lipinski definition) is 2. The van der Waals surface area contributed by atoms with E-state index in [2.05, 4.69) is 31.3 Å². The minimum atomic E-state index is -0.0343. The van der Waals surface area contributed by atoms with E-state index < -0.39 is 0 Å². The Labute approximate surface area is 161 Å². The number of aromatic nitrogens is 5. The molecule has 1 aliphatic rings. The summed E-state index contributed by atoms with van der Waals surface area (Å²) >= 11 is 0. The van der Waals surface area contributed by atoms with Gasteiger partial charge < -0.3 is 14.9 Å². The predicted molar refractivity (Wildman–Crippen MR) is 108 cm³/mol. The van der Waals surface area contributed by atoms with E-state index in [-0.39, 0.29) is 11.6 Å². The molecule has 28 heavy (non-hydrogen) atoms. The summed E-state index contributed by atoms with van der Waals surface area (Å²) in [6.07, 6.45) is 12.7. The van der Waals surface area contributed by atoms with Gasteiger partial charge >= 0.3 is 0 Å². The van der Waals surface area contributed by atoms with Gasteiger partial charge in [-0.1, -0.05) is 6.07 Å². The molecule has 7 heteroatoms. The van der Waals surface area contributed by atoms with Crippen molar-refractivity contribution in [3.05, 3.63) is 65.1 Å². The molecule has 2 N–H and O–H groups in total. The van der Waals surface area contributed by atoms with Gasteiger partial charge in [0.2, 0.25) is 0 Å². The van der Waals surface area contributed by atoms with Gasteiger partial charge in [0.25, 0.3) is 5.56 Å². The summed E-state index contributed by atoms with van der Waals surface area (Å²) in [6.45, 7) is 0.830. The first-order valence-corrected chi connectivity index (χ1v) is 9.75. The van der Waals surface area contributed by atoms with Gasteiger partial charge in [-0.15, -0.1) is 0 Å². The van der Waals surface area contributed by atoms with Crippen molar-refractivity contribution < 1.29 is 0 Å². The molecule has 0 atom stereocenters. The van der Waals surface area contributed by atoms with E-state index in [4.69, 9.17) is 0 Å². The monoisotopic (exact) mass is 374 g/mol. The van der Waals surface area contributed by atoms with E-state index in [9.17, 15) is 4.79 Å². The number of H-pyrrole nitrogens is 1. The average molecular weight is 374 g/mol. The fourth-order valence-electron chi connectivity index (χ4n) is 4.29. The van der Waals surface area contributed by atoms with Crippen molar-refractivity contribution in [2.45, 2.75) is 44.3 Å². The molecule has 1 saturated carbocycles. The lowest BCUT2D eigenvalue weighted by Gasteiger charge is -2.31. The molecule has 0 aromatic carbocycles. The van der Waals surface area contributed by atoms with E-state index in [0.29, 0.717) is 6.04 Å². The highest BCUT2D eigenvalue weighted by Crippen LogP contribution is 2.31. The molecule has 0 amide bonds. The van der Waals surface area contributed by atoms with E-state index in [1.807, 2.05) is 29.1 Å². The molecule has 4 heterocycles. The van der Waals surface area contributed by atoms with Crippen LogP contribution in [0.3, 0.4) is 0 Å². The molecule has 0 radical (unpaired) electrons. The second kappa shape index (κ2) is 7.16. The Hall–Kier alpha value is -3.06. The first kappa shape index (κ1) is 17.1. The van der Waals surface area contributed by atoms with Gasteiger partial charge in [0.15, 0.2) is 0 Å². The van der Waals surface area contributed by atoms with Crippen LogP contribution in [-0.4, -0.2) is 30.5 Å². The van der Waals surface area contributed by atoms with Gasteiger partial charge in [-0.2, -0.15) is 0 Å². The molecular formula is C21H22N6O. The number of pyridine rings is 2. The van der Waals surface area contributed by atoms with Gasteiger partial charge in [0.1, 0.15) is 11.2 Å². The Bertz CT molecular complexity index is 1160. The quantitative estimate of drug-likeness (QED) is 0.573. The lowest BCUT2D eigenvalue weighted by Crippen LogP contribution is -2.35. The lowest BCUT2D eigenvalue weighted by molar-refractivity contribution is 0.290. The maximum atomic E-state index is 12.7. The number of nitrogens with zero attached hydrogens (tertiary/aromatic N) is 4. The summed E-state index contributed by atoms with van der Waals surface area (Å²) in [5.41, 5.74) is 3.62. The minimum absolute atomic E-state index is 0.0343. The number of aromatic amines is 1. The van der Waals surface area contributed by atoms with Crippen molar-refractivity contribution in [2.75, 3.05) is 0 Å². The zero-order valence-corrected chi connectivity index (χ0v) is 15.5. The third-order valence-corrected chi connectivity index (χ3v) is 5.71. The molecule has 0 aliphatic heterocycles. The third-order valence-electron chi connectivity index (χ3n) is 5.71. The second-order valence-corrected chi connectivity index (χ2v) is 7.45. The minimum Gasteiger partial charge on any atom is -0.346 e. The molecule has 1 fully saturated rings. The highest BCUT2D eigenvalue weighted by molar-refractivity contribution is 6.00. The molecule has 0 unspecified atom stereocenters. The van der Waals surface area contributed by atoms with Crippen LogP contribution in [0.5, 0.6) is 0 Å². The zero-order chi connectivity index (χ0) is 18.9. The molecule has 7 nitrogen and oxygen atoms in total. The summed E-state index contributed by atoms with van der Waals surface area (Å²) in [5.74, 6) is 0. The van der Waals surface area contributed by atoms with Crippen molar-refractivity contribution in [1.29, 1.82) is 0 Å². The van der Waals surface area contributed by atoms with Crippen LogP contribution in [0.4, 0.5) is 0 Å². The molecule has 0 spiro atoms. The van der Waals surface area contributed by atoms with Crippen LogP contribution in [0.25, 0.3) is 22.1 Å². The highest BCUT2D eigenvalue weighted by Gasteiger charge is 2.25. The molecule has 5 rings (SSSR count). The fourth-order valence-corrected chi connectivity index (χ4v) is 4.29. The zero-order valence-electron chi connectivity index (χ0n) is 15.5. The van der Waals surface area contributed by atoms with E-state index in [0.717, 1.165) is 54.3 Å². The van der Waals surface area contributed by atoms with Crippen LogP contribution in [0.2, 0.25) is 0 Å². The van der Waals surface area contributed by atoms with Crippen molar-refractivity contribution in [3.63, 3.8) is 0 Å². The average Bonchev–Trinajstić information content (AvgIpc) is 3.23. The SMILES string of the molecule is O=c1cnc2cnc3[nH]ccc3c2n1C1CCC(NCc2cccnc2)CC1. The Kier molecular flexibility index (Phi) is 4.37. The molecular weight excluding hydrogens is 352 g/mol. The van der Waals surface area contributed by atoms with Gasteiger partial charge in [-0.25, -0.2) is 9.97 Å². The summed E-state index contributed by atoms with van der Waals surface area (Å²) in [4.78, 5) is 28.8. The molecule has 142 valence electrons. The molecule has 4 aromatic rings. The summed E-state index contributed by atoms with van der Waals surface area (Å²) < 4.78 is 1.94. The smallest absolute Gasteiger partial charge is 0.269 e. The number of hydrogen-bond acceptors (Lipinski definition) is 5. The standard InChI is InChI=1S/C21H22N6O/c28-19-13-25-18-12-26-21-17(7-9-23-21)20(18)27(19)16-5-3-15(4-6-16)24-11-14-2-1-8-22-10-14/h1-2,7-10,12-13,15-16,24H,3-6,11H2,(H,23,26). The highest BCUT2D eigenvalue weighted by atomic mass is 16.1. The molecule has 0 saturated heterocycles.